The van der Waals surface area contributed by atoms with Crippen molar-refractivity contribution in [2.24, 2.45) is 0 Å². The summed E-state index contributed by atoms with van der Waals surface area (Å²) < 4.78 is 30.2. The Morgan fingerprint density at radius 1 is 1.62 bits per heavy atom. The van der Waals surface area contributed by atoms with Gasteiger partial charge in [0.15, 0.2) is 0 Å². The lowest BCUT2D eigenvalue weighted by Gasteiger charge is -2.28. The van der Waals surface area contributed by atoms with Crippen molar-refractivity contribution in [3.8, 4) is 0 Å². The van der Waals surface area contributed by atoms with Crippen LogP contribution in [0.4, 0.5) is 8.78 Å². The van der Waals surface area contributed by atoms with Crippen LogP contribution >= 0.6 is 0 Å². The molecule has 1 rings (SSSR count). The van der Waals surface area contributed by atoms with Gasteiger partial charge in [0.1, 0.15) is 5.54 Å². The highest BCUT2D eigenvalue weighted by atomic mass is 19.3. The molecule has 1 unspecified atom stereocenters. The van der Waals surface area contributed by atoms with E-state index in [1.54, 1.807) is 13.0 Å². The zero-order valence-corrected chi connectivity index (χ0v) is 7.68. The van der Waals surface area contributed by atoms with Crippen LogP contribution in [0.25, 0.3) is 0 Å². The molecule has 1 aromatic heterocycles. The number of furan rings is 1. The van der Waals surface area contributed by atoms with Gasteiger partial charge in [-0.15, -0.1) is 0 Å². The summed E-state index contributed by atoms with van der Waals surface area (Å²) in [7, 11) is 0. The van der Waals surface area contributed by atoms with Gasteiger partial charge in [0.25, 0.3) is 6.43 Å². The summed E-state index contributed by atoms with van der Waals surface area (Å²) >= 11 is 0. The average Bonchev–Trinajstić information content (AvgIpc) is 2.56. The second-order valence-corrected chi connectivity index (χ2v) is 3.05. The average molecular weight is 189 g/mol. The monoisotopic (exact) mass is 189 g/mol. The van der Waals surface area contributed by atoms with Gasteiger partial charge in [0, 0.05) is 5.56 Å². The van der Waals surface area contributed by atoms with Gasteiger partial charge in [-0.2, -0.15) is 0 Å². The highest BCUT2D eigenvalue weighted by molar-refractivity contribution is 5.19. The van der Waals surface area contributed by atoms with E-state index in [1.807, 2.05) is 0 Å². The molecule has 4 heteroatoms. The van der Waals surface area contributed by atoms with Gasteiger partial charge in [-0.25, -0.2) is 8.78 Å². The minimum absolute atomic E-state index is 0.476. The van der Waals surface area contributed by atoms with Crippen LogP contribution < -0.4 is 5.32 Å². The van der Waals surface area contributed by atoms with E-state index >= 15 is 0 Å². The molecule has 0 spiro atoms. The number of nitrogens with one attached hydrogen (secondary N) is 1. The van der Waals surface area contributed by atoms with Crippen LogP contribution in [0, 0.1) is 0 Å². The lowest BCUT2D eigenvalue weighted by Crippen LogP contribution is -2.45. The second-order valence-electron chi connectivity index (χ2n) is 3.05. The Kier molecular flexibility index (Phi) is 3.03. The molecule has 0 aromatic carbocycles. The normalized spacial score (nSPS) is 16.1. The Labute approximate surface area is 75.9 Å². The summed E-state index contributed by atoms with van der Waals surface area (Å²) in [6, 6.07) is 1.55. The zero-order chi connectivity index (χ0) is 9.90. The molecule has 0 aliphatic rings. The van der Waals surface area contributed by atoms with Crippen LogP contribution in [0.5, 0.6) is 0 Å². The van der Waals surface area contributed by atoms with Crippen molar-refractivity contribution in [1.29, 1.82) is 0 Å². The van der Waals surface area contributed by atoms with Crippen LogP contribution in [-0.2, 0) is 5.54 Å². The third-order valence-corrected chi connectivity index (χ3v) is 2.10. The fourth-order valence-electron chi connectivity index (χ4n) is 1.23. The van der Waals surface area contributed by atoms with E-state index in [2.05, 4.69) is 5.32 Å². The lowest BCUT2D eigenvalue weighted by molar-refractivity contribution is 0.0391. The van der Waals surface area contributed by atoms with Crippen LogP contribution in [0.15, 0.2) is 23.0 Å². The summed E-state index contributed by atoms with van der Waals surface area (Å²) in [5.74, 6) is 0. The molecule has 0 fully saturated rings. The van der Waals surface area contributed by atoms with Crippen LogP contribution in [0.2, 0.25) is 0 Å². The van der Waals surface area contributed by atoms with E-state index < -0.39 is 12.0 Å². The van der Waals surface area contributed by atoms with E-state index in [4.69, 9.17) is 4.42 Å². The molecule has 0 bridgehead atoms. The minimum atomic E-state index is -2.45. The topological polar surface area (TPSA) is 25.2 Å². The smallest absolute Gasteiger partial charge is 0.260 e. The van der Waals surface area contributed by atoms with E-state index in [1.165, 1.54) is 19.5 Å². The fraction of sp³-hybridized carbons (Fsp3) is 0.556. The molecule has 0 saturated carbocycles. The maximum absolute atomic E-state index is 12.7. The first kappa shape index (κ1) is 10.2. The summed E-state index contributed by atoms with van der Waals surface area (Å²) in [4.78, 5) is 0. The van der Waals surface area contributed by atoms with Gasteiger partial charge >= 0.3 is 0 Å². The van der Waals surface area contributed by atoms with Gasteiger partial charge in [0.05, 0.1) is 12.5 Å². The van der Waals surface area contributed by atoms with Crippen LogP contribution in [0.1, 0.15) is 19.4 Å². The summed E-state index contributed by atoms with van der Waals surface area (Å²) in [6.07, 6.45) is 0.285. The Hall–Kier alpha value is -0.900. The second kappa shape index (κ2) is 3.87. The van der Waals surface area contributed by atoms with Gasteiger partial charge in [-0.3, -0.25) is 0 Å². The molecular weight excluding hydrogens is 176 g/mol. The number of halogens is 2. The summed E-state index contributed by atoms with van der Waals surface area (Å²) in [6.45, 7) is 3.75. The molecular formula is C9H13F2NO. The van der Waals surface area contributed by atoms with E-state index in [0.29, 0.717) is 12.1 Å². The van der Waals surface area contributed by atoms with Crippen molar-refractivity contribution in [2.45, 2.75) is 25.8 Å². The molecule has 1 aromatic rings. The molecule has 0 aliphatic heterocycles. The van der Waals surface area contributed by atoms with Crippen molar-refractivity contribution in [3.63, 3.8) is 0 Å². The fourth-order valence-corrected chi connectivity index (χ4v) is 1.23. The number of hydrogen-bond donors (Lipinski definition) is 1. The summed E-state index contributed by atoms with van der Waals surface area (Å²) in [5.41, 5.74) is -0.828. The molecule has 0 aliphatic carbocycles. The Bertz CT molecular complexity index is 248. The largest absolute Gasteiger partial charge is 0.472 e. The van der Waals surface area contributed by atoms with Gasteiger partial charge < -0.3 is 9.73 Å². The Morgan fingerprint density at radius 2 is 2.31 bits per heavy atom. The minimum Gasteiger partial charge on any atom is -0.472 e. The molecule has 0 amide bonds. The molecule has 74 valence electrons. The predicted octanol–water partition coefficient (Wildman–Crippen LogP) is 2.37. The first-order valence-corrected chi connectivity index (χ1v) is 4.17. The molecule has 1 heterocycles. The van der Waals surface area contributed by atoms with Crippen molar-refractivity contribution in [1.82, 2.24) is 5.32 Å². The lowest BCUT2D eigenvalue weighted by atomic mass is 9.95. The number of hydrogen-bond acceptors (Lipinski definition) is 2. The zero-order valence-electron chi connectivity index (χ0n) is 7.68. The Balaban J connectivity index is 2.91. The quantitative estimate of drug-likeness (QED) is 0.786. The third-order valence-electron chi connectivity index (χ3n) is 2.10. The van der Waals surface area contributed by atoms with Crippen molar-refractivity contribution in [2.75, 3.05) is 6.54 Å². The van der Waals surface area contributed by atoms with E-state index in [0.717, 1.165) is 0 Å². The number of alkyl halides is 2. The molecule has 0 saturated heterocycles. The number of rotatable bonds is 4. The third kappa shape index (κ3) is 1.88. The molecule has 1 atom stereocenters. The van der Waals surface area contributed by atoms with Crippen molar-refractivity contribution in [3.05, 3.63) is 24.2 Å². The molecule has 1 N–H and O–H groups in total. The van der Waals surface area contributed by atoms with Crippen LogP contribution in [0.3, 0.4) is 0 Å². The first-order chi connectivity index (χ1) is 6.11. The van der Waals surface area contributed by atoms with Crippen molar-refractivity contribution >= 4 is 0 Å². The highest BCUT2D eigenvalue weighted by Crippen LogP contribution is 2.27. The van der Waals surface area contributed by atoms with Gasteiger partial charge in [-0.05, 0) is 19.5 Å². The van der Waals surface area contributed by atoms with Gasteiger partial charge in [-0.1, -0.05) is 6.92 Å². The standard InChI is InChI=1S/C9H13F2NO/c1-3-12-9(2,8(10)11)7-4-5-13-6-7/h4-6,8,12H,3H2,1-2H3. The maximum atomic E-state index is 12.7. The summed E-state index contributed by atoms with van der Waals surface area (Å²) in [5, 5.41) is 2.75. The van der Waals surface area contributed by atoms with Crippen molar-refractivity contribution < 1.29 is 13.2 Å². The predicted molar refractivity (Wildman–Crippen MR) is 45.7 cm³/mol. The molecule has 0 radical (unpaired) electrons. The van der Waals surface area contributed by atoms with Gasteiger partial charge in [0.2, 0.25) is 0 Å². The Morgan fingerprint density at radius 3 is 2.69 bits per heavy atom. The SMILES string of the molecule is CCNC(C)(c1ccoc1)C(F)F. The first-order valence-electron chi connectivity index (χ1n) is 4.17. The van der Waals surface area contributed by atoms with Crippen LogP contribution in [-0.4, -0.2) is 13.0 Å². The maximum Gasteiger partial charge on any atom is 0.260 e. The van der Waals surface area contributed by atoms with E-state index in [-0.39, 0.29) is 0 Å². The molecule has 2 nitrogen and oxygen atoms in total. The molecule has 13 heavy (non-hydrogen) atoms. The van der Waals surface area contributed by atoms with E-state index in [9.17, 15) is 8.78 Å². The highest BCUT2D eigenvalue weighted by Gasteiger charge is 2.36.